The lowest BCUT2D eigenvalue weighted by Crippen LogP contribution is -2.49. The second-order valence-electron chi connectivity index (χ2n) is 18.4. The highest BCUT2D eigenvalue weighted by Crippen LogP contribution is 2.38. The van der Waals surface area contributed by atoms with Crippen molar-refractivity contribution in [3.8, 4) is 0 Å². The van der Waals surface area contributed by atoms with Crippen molar-refractivity contribution in [2.45, 2.75) is 193 Å². The standard InChI is InChI=1S/C46H67N5O6/c52-40(32-19-7-1-8-20-32)49(41(53)33-21-9-2-10-22-33)38-31-39(50(42(54)34-23-11-3-12-24-34)43(55)35-25-13-4-14-26-35)48-46(47-38)51(44(56)36-27-15-5-16-28-36)45(57)37-29-17-6-18-30-37/h31-37H,1-30H2. The fourth-order valence-corrected chi connectivity index (χ4v) is 10.9. The Morgan fingerprint density at radius 1 is 0.316 bits per heavy atom. The lowest BCUT2D eigenvalue weighted by Gasteiger charge is -2.35. The third-order valence-electron chi connectivity index (χ3n) is 14.4. The first-order chi connectivity index (χ1) is 27.8. The van der Waals surface area contributed by atoms with Crippen LogP contribution in [-0.2, 0) is 28.8 Å². The SMILES string of the molecule is O=C(C1CCCCC1)N(C(=O)C1CCCCC1)c1cc(N(C(=O)C2CCCCC2)C(=O)C2CCCCC2)nc(N(C(=O)C2CCCCC2)C(=O)C2CCCCC2)n1. The summed E-state index contributed by atoms with van der Waals surface area (Å²) < 4.78 is 0. The van der Waals surface area contributed by atoms with Crippen LogP contribution in [0.4, 0.5) is 17.6 Å². The van der Waals surface area contributed by atoms with Gasteiger partial charge in [0.1, 0.15) is 11.6 Å². The molecule has 0 aliphatic heterocycles. The molecular formula is C46H67N5O6. The number of anilines is 3. The van der Waals surface area contributed by atoms with Gasteiger partial charge in [-0.2, -0.15) is 9.97 Å². The maximum Gasteiger partial charge on any atom is 0.243 e. The topological polar surface area (TPSA) is 138 Å². The highest BCUT2D eigenvalue weighted by molar-refractivity contribution is 6.19. The smallest absolute Gasteiger partial charge is 0.243 e. The fourth-order valence-electron chi connectivity index (χ4n) is 10.9. The maximum atomic E-state index is 14.8. The minimum absolute atomic E-state index is 0.0306. The van der Waals surface area contributed by atoms with Crippen molar-refractivity contribution in [3.63, 3.8) is 0 Å². The summed E-state index contributed by atoms with van der Waals surface area (Å²) in [6.45, 7) is 0. The van der Waals surface area contributed by atoms with Gasteiger partial charge < -0.3 is 0 Å². The summed E-state index contributed by atoms with van der Waals surface area (Å²) in [6.07, 6.45) is 24.8. The van der Waals surface area contributed by atoms with Gasteiger partial charge in [0.25, 0.3) is 0 Å². The molecule has 1 aromatic rings. The summed E-state index contributed by atoms with van der Waals surface area (Å²) in [6, 6.07) is 1.49. The predicted octanol–water partition coefficient (Wildman–Crippen LogP) is 9.54. The number of carbonyl (C=O) groups is 6. The van der Waals surface area contributed by atoms with Crippen LogP contribution >= 0.6 is 0 Å². The molecule has 6 aliphatic rings. The van der Waals surface area contributed by atoms with E-state index in [1.807, 2.05) is 0 Å². The molecule has 11 heteroatoms. The number of imide groups is 3. The summed E-state index contributed by atoms with van der Waals surface area (Å²) >= 11 is 0. The molecule has 6 amide bonds. The maximum absolute atomic E-state index is 14.8. The van der Waals surface area contributed by atoms with Crippen molar-refractivity contribution in [3.05, 3.63) is 6.07 Å². The molecule has 6 aliphatic carbocycles. The molecular weight excluding hydrogens is 719 g/mol. The van der Waals surface area contributed by atoms with Crippen molar-refractivity contribution in [1.82, 2.24) is 9.97 Å². The average Bonchev–Trinajstić information content (AvgIpc) is 3.28. The fraction of sp³-hybridized carbons (Fsp3) is 0.783. The lowest BCUT2D eigenvalue weighted by molar-refractivity contribution is -0.133. The van der Waals surface area contributed by atoms with Crippen LogP contribution in [-0.4, -0.2) is 45.4 Å². The van der Waals surface area contributed by atoms with Crippen molar-refractivity contribution in [1.29, 1.82) is 0 Å². The summed E-state index contributed by atoms with van der Waals surface area (Å²) in [4.78, 5) is 102. The van der Waals surface area contributed by atoms with E-state index < -0.39 is 11.8 Å². The quantitative estimate of drug-likeness (QED) is 0.226. The first-order valence-electron chi connectivity index (χ1n) is 23.3. The van der Waals surface area contributed by atoms with E-state index in [-0.39, 0.29) is 76.7 Å². The van der Waals surface area contributed by atoms with Gasteiger partial charge in [-0.15, -0.1) is 0 Å². The minimum Gasteiger partial charge on any atom is -0.274 e. The monoisotopic (exact) mass is 786 g/mol. The molecule has 6 fully saturated rings. The van der Waals surface area contributed by atoms with E-state index in [9.17, 15) is 28.8 Å². The van der Waals surface area contributed by atoms with Gasteiger partial charge in [-0.25, -0.2) is 14.7 Å². The average molecular weight is 786 g/mol. The Morgan fingerprint density at radius 3 is 0.719 bits per heavy atom. The van der Waals surface area contributed by atoms with Gasteiger partial charge in [-0.1, -0.05) is 116 Å². The molecule has 312 valence electrons. The molecule has 0 saturated heterocycles. The number of carbonyl (C=O) groups excluding carboxylic acids is 6. The van der Waals surface area contributed by atoms with Crippen molar-refractivity contribution < 1.29 is 28.8 Å². The third-order valence-corrected chi connectivity index (χ3v) is 14.4. The van der Waals surface area contributed by atoms with E-state index in [1.54, 1.807) is 0 Å². The molecule has 0 N–H and O–H groups in total. The van der Waals surface area contributed by atoms with Gasteiger partial charge in [-0.3, -0.25) is 28.8 Å². The van der Waals surface area contributed by atoms with Crippen LogP contribution < -0.4 is 14.7 Å². The van der Waals surface area contributed by atoms with E-state index in [0.717, 1.165) is 120 Å². The first kappa shape index (κ1) is 41.7. The molecule has 57 heavy (non-hydrogen) atoms. The van der Waals surface area contributed by atoms with E-state index in [0.29, 0.717) is 77.0 Å². The van der Waals surface area contributed by atoms with E-state index >= 15 is 0 Å². The van der Waals surface area contributed by atoms with Crippen LogP contribution in [0, 0.1) is 35.5 Å². The molecule has 11 nitrogen and oxygen atoms in total. The zero-order valence-electron chi connectivity index (χ0n) is 34.4. The van der Waals surface area contributed by atoms with Crippen LogP contribution in [0.2, 0.25) is 0 Å². The molecule has 1 aromatic heterocycles. The second kappa shape index (κ2) is 20.0. The van der Waals surface area contributed by atoms with Gasteiger partial charge in [0.15, 0.2) is 0 Å². The van der Waals surface area contributed by atoms with Gasteiger partial charge in [0, 0.05) is 41.6 Å². The van der Waals surface area contributed by atoms with Crippen LogP contribution in [0.3, 0.4) is 0 Å². The van der Waals surface area contributed by atoms with Crippen molar-refractivity contribution in [2.24, 2.45) is 35.5 Å². The Hall–Kier alpha value is -3.50. The minimum atomic E-state index is -0.394. The highest BCUT2D eigenvalue weighted by atomic mass is 16.2. The summed E-state index contributed by atoms with van der Waals surface area (Å²) in [5.41, 5.74) is 0. The number of hydrogen-bond acceptors (Lipinski definition) is 8. The van der Waals surface area contributed by atoms with Crippen LogP contribution in [0.25, 0.3) is 0 Å². The molecule has 0 radical (unpaired) electrons. The number of hydrogen-bond donors (Lipinski definition) is 0. The molecule has 0 aromatic carbocycles. The van der Waals surface area contributed by atoms with Crippen LogP contribution in [0.1, 0.15) is 193 Å². The number of aromatic nitrogens is 2. The molecule has 6 saturated carbocycles. The Balaban J connectivity index is 1.41. The third kappa shape index (κ3) is 9.86. The lowest BCUT2D eigenvalue weighted by atomic mass is 9.85. The van der Waals surface area contributed by atoms with Crippen molar-refractivity contribution in [2.75, 3.05) is 14.7 Å². The zero-order chi connectivity index (χ0) is 39.7. The second-order valence-corrected chi connectivity index (χ2v) is 18.4. The molecule has 1 heterocycles. The van der Waals surface area contributed by atoms with Crippen molar-refractivity contribution >= 4 is 53.0 Å². The molecule has 7 rings (SSSR count). The number of amides is 6. The largest absolute Gasteiger partial charge is 0.274 e. The van der Waals surface area contributed by atoms with Gasteiger partial charge in [0.05, 0.1) is 0 Å². The van der Waals surface area contributed by atoms with E-state index in [1.165, 1.54) is 15.9 Å². The number of rotatable bonds is 9. The number of nitrogens with zero attached hydrogens (tertiary/aromatic N) is 5. The van der Waals surface area contributed by atoms with E-state index in [4.69, 9.17) is 9.97 Å². The Kier molecular flexibility index (Phi) is 14.6. The van der Waals surface area contributed by atoms with Crippen LogP contribution in [0.15, 0.2) is 6.07 Å². The molecule has 0 bridgehead atoms. The summed E-state index contributed by atoms with van der Waals surface area (Å²) in [5, 5.41) is 0. The van der Waals surface area contributed by atoms with Gasteiger partial charge >= 0.3 is 0 Å². The summed E-state index contributed by atoms with van der Waals surface area (Å²) in [7, 11) is 0. The van der Waals surface area contributed by atoms with Gasteiger partial charge in [0.2, 0.25) is 41.4 Å². The molecule has 0 spiro atoms. The van der Waals surface area contributed by atoms with Crippen LogP contribution in [0.5, 0.6) is 0 Å². The Labute approximate surface area is 339 Å². The first-order valence-corrected chi connectivity index (χ1v) is 23.3. The van der Waals surface area contributed by atoms with E-state index in [2.05, 4.69) is 0 Å². The van der Waals surface area contributed by atoms with Gasteiger partial charge in [-0.05, 0) is 77.0 Å². The normalized spacial score (nSPS) is 22.7. The predicted molar refractivity (Wildman–Crippen MR) is 219 cm³/mol. The highest BCUT2D eigenvalue weighted by Gasteiger charge is 2.43. The molecule has 0 unspecified atom stereocenters. The molecule has 0 atom stereocenters. The zero-order valence-corrected chi connectivity index (χ0v) is 34.4. The Bertz CT molecular complexity index is 1310. The Morgan fingerprint density at radius 2 is 0.509 bits per heavy atom. The summed E-state index contributed by atoms with van der Waals surface area (Å²) in [5.74, 6) is -4.59.